The maximum atomic E-state index is 12.6. The molecule has 1 aliphatic heterocycles. The van der Waals surface area contributed by atoms with Crippen LogP contribution in [0.4, 0.5) is 0 Å². The molecule has 1 aliphatic rings. The van der Waals surface area contributed by atoms with E-state index in [1.165, 1.54) is 19.2 Å². The van der Waals surface area contributed by atoms with Crippen LogP contribution in [0.15, 0.2) is 29.2 Å². The summed E-state index contributed by atoms with van der Waals surface area (Å²) in [5.74, 6) is -1.06. The van der Waals surface area contributed by atoms with E-state index in [0.717, 1.165) is 28.2 Å². The van der Waals surface area contributed by atoms with E-state index in [9.17, 15) is 18.0 Å². The van der Waals surface area contributed by atoms with Crippen LogP contribution >= 0.6 is 0 Å². The Bertz CT molecular complexity index is 768. The number of carbonyl (C=O) groups is 2. The summed E-state index contributed by atoms with van der Waals surface area (Å²) in [6.07, 6.45) is 1.70. The van der Waals surface area contributed by atoms with Gasteiger partial charge in [0.25, 0.3) is 0 Å². The molecule has 0 radical (unpaired) electrons. The number of hydrogen-bond acceptors (Lipinski definition) is 4. The molecule has 1 unspecified atom stereocenters. The van der Waals surface area contributed by atoms with Gasteiger partial charge in [0.15, 0.2) is 11.8 Å². The van der Waals surface area contributed by atoms with Crippen LogP contribution < -0.4 is 5.32 Å². The molecule has 1 N–H and O–H groups in total. The van der Waals surface area contributed by atoms with Gasteiger partial charge in [0.2, 0.25) is 15.9 Å². The number of sulfonamides is 1. The number of nitrogens with one attached hydrogen (secondary N) is 1. The van der Waals surface area contributed by atoms with Crippen molar-refractivity contribution in [2.45, 2.75) is 23.8 Å². The second-order valence-electron chi connectivity index (χ2n) is 7.30. The van der Waals surface area contributed by atoms with E-state index in [-0.39, 0.29) is 10.5 Å². The molecule has 7 nitrogen and oxygen atoms in total. The molecule has 0 saturated heterocycles. The first-order chi connectivity index (χ1) is 11.6. The Morgan fingerprint density at radius 2 is 1.84 bits per heavy atom. The van der Waals surface area contributed by atoms with Crippen molar-refractivity contribution in [1.82, 2.24) is 9.62 Å². The van der Waals surface area contributed by atoms with Gasteiger partial charge >= 0.3 is 0 Å². The standard InChI is InChI=1S/C17H25N3O4S/c1-19-15(17(22)18-11-7-8-12-20(2,3)4)16(21)13-9-5-6-10-14(13)25(19,23)24/h5-6,9-10,15H,7-8,11-12H2,1-4H3/p+1. The van der Waals surface area contributed by atoms with Crippen molar-refractivity contribution < 1.29 is 22.5 Å². The molecule has 2 rings (SSSR count). The third-order valence-electron chi connectivity index (χ3n) is 4.22. The summed E-state index contributed by atoms with van der Waals surface area (Å²) < 4.78 is 26.8. The summed E-state index contributed by atoms with van der Waals surface area (Å²) in [6.45, 7) is 1.39. The average Bonchev–Trinajstić information content (AvgIpc) is 2.52. The number of rotatable bonds is 6. The molecule has 0 aromatic heterocycles. The number of amides is 1. The Morgan fingerprint density at radius 3 is 2.48 bits per heavy atom. The fourth-order valence-corrected chi connectivity index (χ4v) is 4.28. The zero-order valence-corrected chi connectivity index (χ0v) is 16.0. The molecular weight excluding hydrogens is 342 g/mol. The molecule has 0 aliphatic carbocycles. The lowest BCUT2D eigenvalue weighted by Crippen LogP contribution is -2.55. The molecule has 0 saturated carbocycles. The highest BCUT2D eigenvalue weighted by Crippen LogP contribution is 2.28. The van der Waals surface area contributed by atoms with Gasteiger partial charge < -0.3 is 9.80 Å². The first-order valence-electron chi connectivity index (χ1n) is 8.25. The van der Waals surface area contributed by atoms with E-state index in [2.05, 4.69) is 26.5 Å². The minimum atomic E-state index is -3.85. The van der Waals surface area contributed by atoms with Gasteiger partial charge in [-0.15, -0.1) is 0 Å². The third kappa shape index (κ3) is 4.26. The number of Topliss-reactive ketones (excluding diaryl/α,β-unsaturated/α-hetero) is 1. The van der Waals surface area contributed by atoms with Crippen LogP contribution in [-0.4, -0.2) is 76.2 Å². The van der Waals surface area contributed by atoms with E-state index < -0.39 is 27.8 Å². The lowest BCUT2D eigenvalue weighted by atomic mass is 10.0. The zero-order valence-electron chi connectivity index (χ0n) is 15.2. The van der Waals surface area contributed by atoms with Gasteiger partial charge in [-0.25, -0.2) is 8.42 Å². The van der Waals surface area contributed by atoms with Gasteiger partial charge in [0, 0.05) is 19.2 Å². The molecule has 25 heavy (non-hydrogen) atoms. The van der Waals surface area contributed by atoms with Crippen LogP contribution in [0, 0.1) is 0 Å². The number of nitrogens with zero attached hydrogens (tertiary/aromatic N) is 2. The van der Waals surface area contributed by atoms with E-state index in [0.29, 0.717) is 6.54 Å². The summed E-state index contributed by atoms with van der Waals surface area (Å²) >= 11 is 0. The Kier molecular flexibility index (Phi) is 5.65. The molecule has 1 amide bonds. The quantitative estimate of drug-likeness (QED) is 0.450. The van der Waals surface area contributed by atoms with Gasteiger partial charge in [0.1, 0.15) is 0 Å². The highest BCUT2D eigenvalue weighted by molar-refractivity contribution is 7.89. The first kappa shape index (κ1) is 19.6. The van der Waals surface area contributed by atoms with Gasteiger partial charge in [-0.2, -0.15) is 4.31 Å². The normalized spacial score (nSPS) is 20.2. The molecule has 1 heterocycles. The number of unbranched alkanes of at least 4 members (excludes halogenated alkanes) is 1. The fraction of sp³-hybridized carbons (Fsp3) is 0.529. The fourth-order valence-electron chi connectivity index (χ4n) is 2.81. The van der Waals surface area contributed by atoms with Gasteiger partial charge in [-0.05, 0) is 25.0 Å². The van der Waals surface area contributed by atoms with Crippen LogP contribution in [0.5, 0.6) is 0 Å². The topological polar surface area (TPSA) is 83.6 Å². The highest BCUT2D eigenvalue weighted by atomic mass is 32.2. The lowest BCUT2D eigenvalue weighted by Gasteiger charge is -2.31. The molecule has 0 fully saturated rings. The largest absolute Gasteiger partial charge is 0.354 e. The van der Waals surface area contributed by atoms with Crippen molar-refractivity contribution in [3.63, 3.8) is 0 Å². The molecule has 1 aromatic rings. The minimum absolute atomic E-state index is 0.0468. The predicted molar refractivity (Wildman–Crippen MR) is 94.7 cm³/mol. The van der Waals surface area contributed by atoms with E-state index in [1.54, 1.807) is 12.1 Å². The molecule has 138 valence electrons. The lowest BCUT2D eigenvalue weighted by molar-refractivity contribution is -0.870. The van der Waals surface area contributed by atoms with Crippen LogP contribution in [0.2, 0.25) is 0 Å². The van der Waals surface area contributed by atoms with Gasteiger partial charge in [-0.1, -0.05) is 12.1 Å². The van der Waals surface area contributed by atoms with Crippen LogP contribution in [0.25, 0.3) is 0 Å². The van der Waals surface area contributed by atoms with Crippen molar-refractivity contribution >= 4 is 21.7 Å². The van der Waals surface area contributed by atoms with Crippen molar-refractivity contribution in [3.05, 3.63) is 29.8 Å². The van der Waals surface area contributed by atoms with Crippen LogP contribution in [-0.2, 0) is 14.8 Å². The molecule has 0 bridgehead atoms. The van der Waals surface area contributed by atoms with Crippen molar-refractivity contribution in [1.29, 1.82) is 0 Å². The van der Waals surface area contributed by atoms with Crippen LogP contribution in [0.3, 0.4) is 0 Å². The zero-order chi connectivity index (χ0) is 18.8. The summed E-state index contributed by atoms with van der Waals surface area (Å²) in [5, 5.41) is 2.70. The Morgan fingerprint density at radius 1 is 1.20 bits per heavy atom. The first-order valence-corrected chi connectivity index (χ1v) is 9.69. The minimum Gasteiger partial charge on any atom is -0.354 e. The number of ketones is 1. The van der Waals surface area contributed by atoms with Gasteiger partial charge in [0.05, 0.1) is 32.6 Å². The SMILES string of the molecule is CN1C(C(=O)NCCCC[N+](C)(C)C)C(=O)c2ccccc2S1(=O)=O. The Balaban J connectivity index is 2.07. The number of quaternary nitrogens is 1. The average molecular weight is 368 g/mol. The van der Waals surface area contributed by atoms with E-state index >= 15 is 0 Å². The summed E-state index contributed by atoms with van der Waals surface area (Å²) in [7, 11) is 3.70. The van der Waals surface area contributed by atoms with Crippen molar-refractivity contribution in [2.24, 2.45) is 0 Å². The van der Waals surface area contributed by atoms with E-state index in [1.807, 2.05) is 0 Å². The molecule has 1 aromatic carbocycles. The maximum Gasteiger partial charge on any atom is 0.246 e. The highest BCUT2D eigenvalue weighted by Gasteiger charge is 2.45. The summed E-state index contributed by atoms with van der Waals surface area (Å²) in [4.78, 5) is 25.0. The van der Waals surface area contributed by atoms with Crippen LogP contribution in [0.1, 0.15) is 23.2 Å². The van der Waals surface area contributed by atoms with Gasteiger partial charge in [-0.3, -0.25) is 9.59 Å². The van der Waals surface area contributed by atoms with Crippen molar-refractivity contribution in [3.8, 4) is 0 Å². The Labute approximate surface area is 149 Å². The molecule has 1 atom stereocenters. The number of benzene rings is 1. The maximum absolute atomic E-state index is 12.6. The second kappa shape index (κ2) is 7.23. The molecule has 8 heteroatoms. The summed E-state index contributed by atoms with van der Waals surface area (Å²) in [6, 6.07) is 4.64. The predicted octanol–water partition coefficient (Wildman–Crippen LogP) is 0.475. The smallest absolute Gasteiger partial charge is 0.246 e. The molecular formula is C17H26N3O4S+. The number of hydrogen-bond donors (Lipinski definition) is 1. The second-order valence-corrected chi connectivity index (χ2v) is 9.26. The van der Waals surface area contributed by atoms with E-state index in [4.69, 9.17) is 0 Å². The third-order valence-corrected chi connectivity index (χ3v) is 6.11. The number of carbonyl (C=O) groups excluding carboxylic acids is 2. The molecule has 0 spiro atoms. The van der Waals surface area contributed by atoms with Crippen molar-refractivity contribution in [2.75, 3.05) is 41.3 Å². The number of fused-ring (bicyclic) bond motifs is 1. The number of likely N-dealkylation sites (N-methyl/N-ethyl adjacent to an activating group) is 1. The summed E-state index contributed by atoms with van der Waals surface area (Å²) in [5.41, 5.74) is 0.0748. The monoisotopic (exact) mass is 368 g/mol. The Hall–Kier alpha value is -1.77.